The van der Waals surface area contributed by atoms with E-state index < -0.39 is 22.9 Å². The van der Waals surface area contributed by atoms with Crippen molar-refractivity contribution in [1.82, 2.24) is 0 Å². The standard InChI is InChI=1S/C15H26O4/c1-9-5-6-10-13(2,3)7-14(4,8-16)15(10,19)11(9)12(17)18/h9-11,16,19H,5-8H2,1-4H3,(H,17,18)/t9-,10-,11+,14+,15-/m1/s1. The molecule has 19 heavy (non-hydrogen) atoms. The van der Waals surface area contributed by atoms with Gasteiger partial charge in [0.2, 0.25) is 0 Å². The average Bonchev–Trinajstić information content (AvgIpc) is 2.42. The van der Waals surface area contributed by atoms with Gasteiger partial charge >= 0.3 is 5.97 Å². The first kappa shape index (κ1) is 14.8. The molecule has 2 saturated carbocycles. The number of carboxylic acids is 1. The number of hydrogen-bond donors (Lipinski definition) is 3. The number of aliphatic hydroxyl groups excluding tert-OH is 1. The maximum atomic E-state index is 11.7. The van der Waals surface area contributed by atoms with Crippen LogP contribution in [0.1, 0.15) is 47.0 Å². The molecule has 110 valence electrons. The van der Waals surface area contributed by atoms with Crippen LogP contribution in [0.25, 0.3) is 0 Å². The molecule has 2 fully saturated rings. The number of carbonyl (C=O) groups is 1. The molecule has 5 atom stereocenters. The van der Waals surface area contributed by atoms with Crippen molar-refractivity contribution in [2.45, 2.75) is 52.6 Å². The molecule has 0 bridgehead atoms. The van der Waals surface area contributed by atoms with Crippen LogP contribution in [0.15, 0.2) is 0 Å². The lowest BCUT2D eigenvalue weighted by molar-refractivity contribution is -0.197. The summed E-state index contributed by atoms with van der Waals surface area (Å²) in [5.74, 6) is -1.84. The van der Waals surface area contributed by atoms with Gasteiger partial charge in [0.15, 0.2) is 0 Å². The fourth-order valence-electron chi connectivity index (χ4n) is 5.13. The summed E-state index contributed by atoms with van der Waals surface area (Å²) in [6, 6.07) is 0. The molecule has 0 aromatic carbocycles. The number of rotatable bonds is 2. The normalized spacial score (nSPS) is 48.8. The molecule has 0 aromatic rings. The van der Waals surface area contributed by atoms with Crippen molar-refractivity contribution in [2.75, 3.05) is 6.61 Å². The zero-order chi connectivity index (χ0) is 14.6. The van der Waals surface area contributed by atoms with Gasteiger partial charge in [-0.3, -0.25) is 4.79 Å². The van der Waals surface area contributed by atoms with Crippen LogP contribution < -0.4 is 0 Å². The number of aliphatic carboxylic acids is 1. The van der Waals surface area contributed by atoms with E-state index in [0.29, 0.717) is 6.42 Å². The van der Waals surface area contributed by atoms with E-state index in [0.717, 1.165) is 12.8 Å². The van der Waals surface area contributed by atoms with E-state index in [1.165, 1.54) is 0 Å². The van der Waals surface area contributed by atoms with Gasteiger partial charge in [-0.25, -0.2) is 0 Å². The summed E-state index contributed by atoms with van der Waals surface area (Å²) in [6.45, 7) is 7.73. The van der Waals surface area contributed by atoms with Gasteiger partial charge in [-0.1, -0.05) is 27.7 Å². The smallest absolute Gasteiger partial charge is 0.309 e. The molecule has 4 heteroatoms. The quantitative estimate of drug-likeness (QED) is 0.716. The van der Waals surface area contributed by atoms with Crippen molar-refractivity contribution in [2.24, 2.45) is 28.6 Å². The van der Waals surface area contributed by atoms with Crippen LogP contribution in [0.2, 0.25) is 0 Å². The molecule has 0 aromatic heterocycles. The zero-order valence-electron chi connectivity index (χ0n) is 12.3. The fraction of sp³-hybridized carbons (Fsp3) is 0.933. The second kappa shape index (κ2) is 4.19. The van der Waals surface area contributed by atoms with Gasteiger partial charge in [-0.15, -0.1) is 0 Å². The topological polar surface area (TPSA) is 77.8 Å². The fourth-order valence-corrected chi connectivity index (χ4v) is 5.13. The van der Waals surface area contributed by atoms with Crippen molar-refractivity contribution in [3.63, 3.8) is 0 Å². The number of carboxylic acid groups (broad SMARTS) is 1. The van der Waals surface area contributed by atoms with Crippen molar-refractivity contribution >= 4 is 5.97 Å². The van der Waals surface area contributed by atoms with E-state index in [9.17, 15) is 20.1 Å². The van der Waals surface area contributed by atoms with E-state index in [-0.39, 0.29) is 23.9 Å². The highest BCUT2D eigenvalue weighted by atomic mass is 16.4. The lowest BCUT2D eigenvalue weighted by Gasteiger charge is -2.51. The SMILES string of the molecule is C[C@@H]1CC[C@@H]2C(C)(C)C[C@@](C)(CO)[C@]2(O)[C@@H]1C(=O)O. The Labute approximate surface area is 114 Å². The molecule has 0 spiro atoms. The Morgan fingerprint density at radius 1 is 1.26 bits per heavy atom. The zero-order valence-corrected chi connectivity index (χ0v) is 12.3. The van der Waals surface area contributed by atoms with Crippen LogP contribution in [0.3, 0.4) is 0 Å². The molecule has 2 rings (SSSR count). The van der Waals surface area contributed by atoms with Crippen LogP contribution in [0.4, 0.5) is 0 Å². The predicted molar refractivity (Wildman–Crippen MR) is 71.6 cm³/mol. The highest BCUT2D eigenvalue weighted by Gasteiger charge is 2.70. The molecule has 3 N–H and O–H groups in total. The highest BCUT2D eigenvalue weighted by Crippen LogP contribution is 2.66. The Morgan fingerprint density at radius 2 is 1.84 bits per heavy atom. The molecule has 0 saturated heterocycles. The van der Waals surface area contributed by atoms with E-state index in [1.807, 2.05) is 13.8 Å². The van der Waals surface area contributed by atoms with Gasteiger partial charge in [0.05, 0.1) is 18.1 Å². The summed E-state index contributed by atoms with van der Waals surface area (Å²) in [6.07, 6.45) is 2.33. The molecule has 0 aliphatic heterocycles. The van der Waals surface area contributed by atoms with Gasteiger partial charge in [-0.05, 0) is 36.5 Å². The van der Waals surface area contributed by atoms with E-state index in [2.05, 4.69) is 13.8 Å². The van der Waals surface area contributed by atoms with Crippen LogP contribution in [-0.2, 0) is 4.79 Å². The molecule has 4 nitrogen and oxygen atoms in total. The number of hydrogen-bond acceptors (Lipinski definition) is 3. The first-order valence-corrected chi connectivity index (χ1v) is 7.16. The van der Waals surface area contributed by atoms with E-state index in [4.69, 9.17) is 0 Å². The summed E-state index contributed by atoms with van der Waals surface area (Å²) in [5, 5.41) is 30.7. The van der Waals surface area contributed by atoms with Crippen LogP contribution >= 0.6 is 0 Å². The van der Waals surface area contributed by atoms with Crippen molar-refractivity contribution in [1.29, 1.82) is 0 Å². The minimum atomic E-state index is -1.31. The molecule has 0 radical (unpaired) electrons. The third kappa shape index (κ3) is 1.76. The summed E-state index contributed by atoms with van der Waals surface area (Å²) in [5.41, 5.74) is -2.19. The lowest BCUT2D eigenvalue weighted by atomic mass is 9.56. The summed E-state index contributed by atoms with van der Waals surface area (Å²) in [4.78, 5) is 11.7. The van der Waals surface area contributed by atoms with Gasteiger partial charge in [-0.2, -0.15) is 0 Å². The molecular weight excluding hydrogens is 244 g/mol. The molecule has 2 aliphatic carbocycles. The van der Waals surface area contributed by atoms with Gasteiger partial charge < -0.3 is 15.3 Å². The number of fused-ring (bicyclic) bond motifs is 1. The van der Waals surface area contributed by atoms with Crippen LogP contribution in [-0.4, -0.2) is 33.5 Å². The maximum absolute atomic E-state index is 11.7. The van der Waals surface area contributed by atoms with Gasteiger partial charge in [0.25, 0.3) is 0 Å². The van der Waals surface area contributed by atoms with Crippen molar-refractivity contribution in [3.05, 3.63) is 0 Å². The summed E-state index contributed by atoms with van der Waals surface area (Å²) in [7, 11) is 0. The van der Waals surface area contributed by atoms with Gasteiger partial charge in [0, 0.05) is 5.41 Å². The highest BCUT2D eigenvalue weighted by molar-refractivity contribution is 5.72. The molecule has 0 amide bonds. The second-order valence-electron chi connectivity index (χ2n) is 7.63. The first-order valence-electron chi connectivity index (χ1n) is 7.16. The minimum absolute atomic E-state index is 0.0569. The van der Waals surface area contributed by atoms with Crippen molar-refractivity contribution < 1.29 is 20.1 Å². The first-order chi connectivity index (χ1) is 8.60. The largest absolute Gasteiger partial charge is 0.481 e. The monoisotopic (exact) mass is 270 g/mol. The van der Waals surface area contributed by atoms with E-state index >= 15 is 0 Å². The Bertz CT molecular complexity index is 392. The molecule has 0 unspecified atom stereocenters. The molecule has 0 heterocycles. The van der Waals surface area contributed by atoms with Crippen LogP contribution in [0.5, 0.6) is 0 Å². The van der Waals surface area contributed by atoms with Gasteiger partial charge in [0.1, 0.15) is 0 Å². The Kier molecular flexibility index (Phi) is 3.26. The third-order valence-corrected chi connectivity index (χ3v) is 5.86. The predicted octanol–water partition coefficient (Wildman–Crippen LogP) is 1.89. The summed E-state index contributed by atoms with van der Waals surface area (Å²) >= 11 is 0. The van der Waals surface area contributed by atoms with E-state index in [1.54, 1.807) is 0 Å². The minimum Gasteiger partial charge on any atom is -0.481 e. The second-order valence-corrected chi connectivity index (χ2v) is 7.63. The summed E-state index contributed by atoms with van der Waals surface area (Å²) < 4.78 is 0. The average molecular weight is 270 g/mol. The maximum Gasteiger partial charge on any atom is 0.309 e. The number of aliphatic hydroxyl groups is 2. The Hall–Kier alpha value is -0.610. The lowest BCUT2D eigenvalue weighted by Crippen LogP contribution is -2.61. The Balaban J connectivity index is 2.57. The van der Waals surface area contributed by atoms with Crippen molar-refractivity contribution in [3.8, 4) is 0 Å². The van der Waals surface area contributed by atoms with Crippen LogP contribution in [0, 0.1) is 28.6 Å². The molecule has 2 aliphatic rings. The Morgan fingerprint density at radius 3 is 2.32 bits per heavy atom. The third-order valence-electron chi connectivity index (χ3n) is 5.86. The molecular formula is C15H26O4.